The minimum atomic E-state index is -0.317. The second-order valence-electron chi connectivity index (χ2n) is 5.31. The van der Waals surface area contributed by atoms with Gasteiger partial charge in [0.05, 0.1) is 6.61 Å². The molecule has 0 aliphatic heterocycles. The maximum absolute atomic E-state index is 13.5. The Labute approximate surface area is 108 Å². The quantitative estimate of drug-likeness (QED) is 0.815. The molecule has 0 amide bonds. The van der Waals surface area contributed by atoms with E-state index in [0.717, 1.165) is 0 Å². The van der Waals surface area contributed by atoms with Crippen molar-refractivity contribution >= 4 is 0 Å². The first kappa shape index (κ1) is 15.1. The maximum Gasteiger partial charge on any atom is 0.127 e. The summed E-state index contributed by atoms with van der Waals surface area (Å²) < 4.78 is 13.5. The van der Waals surface area contributed by atoms with Crippen LogP contribution in [0.3, 0.4) is 0 Å². The maximum atomic E-state index is 13.5. The third-order valence-electron chi connectivity index (χ3n) is 3.50. The summed E-state index contributed by atoms with van der Waals surface area (Å²) in [6, 6.07) is 6.28. The monoisotopic (exact) mass is 254 g/mol. The van der Waals surface area contributed by atoms with Crippen LogP contribution in [-0.4, -0.2) is 35.7 Å². The van der Waals surface area contributed by atoms with E-state index in [4.69, 9.17) is 5.73 Å². The summed E-state index contributed by atoms with van der Waals surface area (Å²) in [6.45, 7) is 4.71. The molecule has 1 atom stereocenters. The standard InChI is InChI=1S/C14H23FN2O/c1-14(2,10-18)17(3)9-8-13(16)11-6-4-5-7-12(11)15/h4-7,13,18H,8-10,16H2,1-3H3. The first-order valence-electron chi connectivity index (χ1n) is 6.20. The van der Waals surface area contributed by atoms with E-state index in [-0.39, 0.29) is 24.0 Å². The molecule has 3 nitrogen and oxygen atoms in total. The van der Waals surface area contributed by atoms with Crippen molar-refractivity contribution in [2.75, 3.05) is 20.2 Å². The van der Waals surface area contributed by atoms with E-state index < -0.39 is 0 Å². The zero-order valence-corrected chi connectivity index (χ0v) is 11.4. The van der Waals surface area contributed by atoms with Crippen LogP contribution < -0.4 is 5.73 Å². The lowest BCUT2D eigenvalue weighted by molar-refractivity contribution is 0.0766. The number of rotatable bonds is 6. The molecule has 0 aliphatic rings. The number of aliphatic hydroxyl groups is 1. The zero-order chi connectivity index (χ0) is 13.8. The fraction of sp³-hybridized carbons (Fsp3) is 0.571. The predicted molar refractivity (Wildman–Crippen MR) is 71.7 cm³/mol. The number of nitrogens with two attached hydrogens (primary N) is 1. The molecule has 0 saturated heterocycles. The van der Waals surface area contributed by atoms with Gasteiger partial charge in [-0.05, 0) is 33.4 Å². The SMILES string of the molecule is CN(CCC(N)c1ccccc1F)C(C)(C)CO. The van der Waals surface area contributed by atoms with Gasteiger partial charge in [0, 0.05) is 23.7 Å². The molecule has 3 N–H and O–H groups in total. The number of halogens is 1. The van der Waals surface area contributed by atoms with E-state index in [1.54, 1.807) is 18.2 Å². The summed E-state index contributed by atoms with van der Waals surface area (Å²) in [7, 11) is 1.93. The van der Waals surface area contributed by atoms with Gasteiger partial charge in [-0.1, -0.05) is 18.2 Å². The molecule has 1 aromatic rings. The van der Waals surface area contributed by atoms with Crippen molar-refractivity contribution in [3.8, 4) is 0 Å². The van der Waals surface area contributed by atoms with Crippen LogP contribution in [0, 0.1) is 5.82 Å². The molecule has 1 rings (SSSR count). The Hall–Kier alpha value is -0.970. The van der Waals surface area contributed by atoms with Crippen LogP contribution in [0.2, 0.25) is 0 Å². The van der Waals surface area contributed by atoms with Crippen LogP contribution in [0.15, 0.2) is 24.3 Å². The molecule has 4 heteroatoms. The fourth-order valence-corrected chi connectivity index (χ4v) is 1.69. The molecule has 0 radical (unpaired) electrons. The lowest BCUT2D eigenvalue weighted by Gasteiger charge is -2.34. The number of likely N-dealkylation sites (N-methyl/N-ethyl adjacent to an activating group) is 1. The molecular formula is C14H23FN2O. The van der Waals surface area contributed by atoms with E-state index >= 15 is 0 Å². The summed E-state index contributed by atoms with van der Waals surface area (Å²) in [6.07, 6.45) is 0.654. The smallest absolute Gasteiger partial charge is 0.127 e. The van der Waals surface area contributed by atoms with Gasteiger partial charge in [0.25, 0.3) is 0 Å². The first-order valence-corrected chi connectivity index (χ1v) is 6.20. The summed E-state index contributed by atoms with van der Waals surface area (Å²) >= 11 is 0. The average Bonchev–Trinajstić information content (AvgIpc) is 2.36. The molecule has 0 spiro atoms. The molecule has 0 saturated carbocycles. The third-order valence-corrected chi connectivity index (χ3v) is 3.50. The Morgan fingerprint density at radius 2 is 2.00 bits per heavy atom. The average molecular weight is 254 g/mol. The van der Waals surface area contributed by atoms with Gasteiger partial charge in [-0.15, -0.1) is 0 Å². The Balaban J connectivity index is 2.57. The lowest BCUT2D eigenvalue weighted by atomic mass is 10.0. The topological polar surface area (TPSA) is 49.5 Å². The summed E-state index contributed by atoms with van der Waals surface area (Å²) in [4.78, 5) is 2.04. The van der Waals surface area contributed by atoms with E-state index in [2.05, 4.69) is 0 Å². The van der Waals surface area contributed by atoms with Gasteiger partial charge in [0.2, 0.25) is 0 Å². The molecule has 0 aliphatic carbocycles. The largest absolute Gasteiger partial charge is 0.394 e. The van der Waals surface area contributed by atoms with Gasteiger partial charge in [0.1, 0.15) is 5.82 Å². The van der Waals surface area contributed by atoms with Crippen LogP contribution >= 0.6 is 0 Å². The second-order valence-corrected chi connectivity index (χ2v) is 5.31. The summed E-state index contributed by atoms with van der Waals surface area (Å²) in [5.41, 5.74) is 6.27. The molecule has 1 aromatic carbocycles. The second kappa shape index (κ2) is 6.27. The number of hydrogen-bond donors (Lipinski definition) is 2. The molecule has 18 heavy (non-hydrogen) atoms. The highest BCUT2D eigenvalue weighted by molar-refractivity contribution is 5.20. The number of hydrogen-bond acceptors (Lipinski definition) is 3. The van der Waals surface area contributed by atoms with Crippen LogP contribution in [0.4, 0.5) is 4.39 Å². The van der Waals surface area contributed by atoms with Crippen LogP contribution in [0.5, 0.6) is 0 Å². The zero-order valence-electron chi connectivity index (χ0n) is 11.4. The molecular weight excluding hydrogens is 231 g/mol. The normalized spacial score (nSPS) is 13.9. The van der Waals surface area contributed by atoms with E-state index in [0.29, 0.717) is 18.5 Å². The fourth-order valence-electron chi connectivity index (χ4n) is 1.69. The lowest BCUT2D eigenvalue weighted by Crippen LogP contribution is -2.45. The van der Waals surface area contributed by atoms with Gasteiger partial charge < -0.3 is 10.8 Å². The van der Waals surface area contributed by atoms with Crippen molar-refractivity contribution in [2.24, 2.45) is 5.73 Å². The highest BCUT2D eigenvalue weighted by Gasteiger charge is 2.23. The van der Waals surface area contributed by atoms with Crippen molar-refractivity contribution in [3.63, 3.8) is 0 Å². The molecule has 1 unspecified atom stereocenters. The Bertz CT molecular complexity index is 382. The Morgan fingerprint density at radius 1 is 1.39 bits per heavy atom. The molecule has 0 bridgehead atoms. The van der Waals surface area contributed by atoms with Gasteiger partial charge in [-0.2, -0.15) is 0 Å². The number of aliphatic hydroxyl groups excluding tert-OH is 1. The van der Waals surface area contributed by atoms with Gasteiger partial charge in [-0.3, -0.25) is 4.90 Å². The summed E-state index contributed by atoms with van der Waals surface area (Å²) in [5, 5.41) is 9.26. The molecule has 0 fully saturated rings. The minimum absolute atomic E-state index is 0.0818. The van der Waals surface area contributed by atoms with Crippen molar-refractivity contribution in [3.05, 3.63) is 35.6 Å². The van der Waals surface area contributed by atoms with Crippen LogP contribution in [0.25, 0.3) is 0 Å². The third kappa shape index (κ3) is 3.77. The highest BCUT2D eigenvalue weighted by Crippen LogP contribution is 2.19. The molecule has 0 heterocycles. The van der Waals surface area contributed by atoms with E-state index in [1.807, 2.05) is 25.8 Å². The summed E-state index contributed by atoms with van der Waals surface area (Å²) in [5.74, 6) is -0.255. The minimum Gasteiger partial charge on any atom is -0.394 e. The van der Waals surface area contributed by atoms with Gasteiger partial charge >= 0.3 is 0 Å². The van der Waals surface area contributed by atoms with Gasteiger partial charge in [-0.25, -0.2) is 4.39 Å². The van der Waals surface area contributed by atoms with Gasteiger partial charge in [0.15, 0.2) is 0 Å². The van der Waals surface area contributed by atoms with E-state index in [9.17, 15) is 9.50 Å². The highest BCUT2D eigenvalue weighted by atomic mass is 19.1. The number of nitrogens with zero attached hydrogens (tertiary/aromatic N) is 1. The Kier molecular flexibility index (Phi) is 5.26. The van der Waals surface area contributed by atoms with Crippen LogP contribution in [-0.2, 0) is 0 Å². The molecule has 102 valence electrons. The molecule has 0 aromatic heterocycles. The number of benzene rings is 1. The van der Waals surface area contributed by atoms with Crippen molar-refractivity contribution in [2.45, 2.75) is 31.8 Å². The van der Waals surface area contributed by atoms with E-state index in [1.165, 1.54) is 6.07 Å². The van der Waals surface area contributed by atoms with Crippen molar-refractivity contribution in [1.29, 1.82) is 0 Å². The van der Waals surface area contributed by atoms with Crippen molar-refractivity contribution < 1.29 is 9.50 Å². The Morgan fingerprint density at radius 3 is 2.56 bits per heavy atom. The predicted octanol–water partition coefficient (Wildman–Crippen LogP) is 1.92. The van der Waals surface area contributed by atoms with Crippen molar-refractivity contribution in [1.82, 2.24) is 4.90 Å². The first-order chi connectivity index (χ1) is 8.38. The van der Waals surface area contributed by atoms with Crippen LogP contribution in [0.1, 0.15) is 31.9 Å².